The maximum atomic E-state index is 12.8. The lowest BCUT2D eigenvalue weighted by Crippen LogP contribution is -2.35. The Morgan fingerprint density at radius 2 is 2.07 bits per heavy atom. The molecule has 2 aromatic heterocycles. The third-order valence-electron chi connectivity index (χ3n) is 4.77. The Kier molecular flexibility index (Phi) is 4.02. The van der Waals surface area contributed by atoms with Crippen LogP contribution in [0.1, 0.15) is 17.6 Å². The molecule has 1 aliphatic heterocycles. The Hall–Kier alpha value is -3.43. The number of rotatable bonds is 4. The Labute approximate surface area is 152 Å². The number of hydrogen-bond acceptors (Lipinski definition) is 7. The van der Waals surface area contributed by atoms with E-state index in [0.717, 1.165) is 0 Å². The van der Waals surface area contributed by atoms with E-state index in [1.807, 2.05) is 0 Å². The lowest BCUT2D eigenvalue weighted by atomic mass is 9.95. The molecule has 1 saturated heterocycles. The molecule has 1 aliphatic rings. The first kappa shape index (κ1) is 17.0. The van der Waals surface area contributed by atoms with Gasteiger partial charge in [0.15, 0.2) is 11.4 Å². The SMILES string of the molecule is Cc1noc([C@@H]2CN(C(=O)Cn3c(=O)oc4ccccc43)C[C@H]2C(N)=O)n1. The zero-order valence-electron chi connectivity index (χ0n) is 14.5. The van der Waals surface area contributed by atoms with Crippen LogP contribution < -0.4 is 11.5 Å². The van der Waals surface area contributed by atoms with Gasteiger partial charge >= 0.3 is 5.76 Å². The van der Waals surface area contributed by atoms with Crippen LogP contribution in [0.3, 0.4) is 0 Å². The Bertz CT molecular complexity index is 1080. The highest BCUT2D eigenvalue weighted by atomic mass is 16.5. The molecule has 0 spiro atoms. The summed E-state index contributed by atoms with van der Waals surface area (Å²) in [6, 6.07) is 6.86. The van der Waals surface area contributed by atoms with Gasteiger partial charge in [-0.15, -0.1) is 0 Å². The van der Waals surface area contributed by atoms with Crippen LogP contribution in [0.5, 0.6) is 0 Å². The number of aryl methyl sites for hydroxylation is 1. The Morgan fingerprint density at radius 1 is 1.30 bits per heavy atom. The summed E-state index contributed by atoms with van der Waals surface area (Å²) in [6.07, 6.45) is 0. The molecule has 10 nitrogen and oxygen atoms in total. The van der Waals surface area contributed by atoms with Crippen LogP contribution in [0.15, 0.2) is 38.0 Å². The maximum Gasteiger partial charge on any atom is 0.420 e. The van der Waals surface area contributed by atoms with Gasteiger partial charge in [-0.2, -0.15) is 4.98 Å². The number of carbonyl (C=O) groups excluding carboxylic acids is 2. The van der Waals surface area contributed by atoms with Crippen molar-refractivity contribution in [3.05, 3.63) is 46.5 Å². The van der Waals surface area contributed by atoms with Crippen molar-refractivity contribution in [1.29, 1.82) is 0 Å². The average Bonchev–Trinajstić information content (AvgIpc) is 3.32. The summed E-state index contributed by atoms with van der Waals surface area (Å²) < 4.78 is 11.6. The van der Waals surface area contributed by atoms with Gasteiger partial charge in [0, 0.05) is 13.1 Å². The van der Waals surface area contributed by atoms with Crippen molar-refractivity contribution in [2.24, 2.45) is 11.7 Å². The van der Waals surface area contributed by atoms with Crippen molar-refractivity contribution < 1.29 is 18.5 Å². The number of amides is 2. The van der Waals surface area contributed by atoms with Crippen LogP contribution in [-0.4, -0.2) is 44.5 Å². The van der Waals surface area contributed by atoms with Crippen molar-refractivity contribution in [2.75, 3.05) is 13.1 Å². The predicted octanol–water partition coefficient (Wildman–Crippen LogP) is 0.0134. The number of oxazole rings is 1. The highest BCUT2D eigenvalue weighted by Crippen LogP contribution is 2.32. The zero-order chi connectivity index (χ0) is 19.1. The van der Waals surface area contributed by atoms with Gasteiger partial charge in [0.1, 0.15) is 6.54 Å². The first-order valence-corrected chi connectivity index (χ1v) is 8.39. The summed E-state index contributed by atoms with van der Waals surface area (Å²) in [4.78, 5) is 42.3. The zero-order valence-corrected chi connectivity index (χ0v) is 14.5. The van der Waals surface area contributed by atoms with Crippen LogP contribution in [0.25, 0.3) is 11.1 Å². The molecule has 1 aromatic carbocycles. The molecule has 1 fully saturated rings. The minimum atomic E-state index is -0.633. The highest BCUT2D eigenvalue weighted by Gasteiger charge is 2.42. The second-order valence-corrected chi connectivity index (χ2v) is 6.52. The molecule has 2 atom stereocenters. The third-order valence-corrected chi connectivity index (χ3v) is 4.77. The summed E-state index contributed by atoms with van der Waals surface area (Å²) in [5.41, 5.74) is 6.43. The first-order valence-electron chi connectivity index (χ1n) is 8.39. The van der Waals surface area contributed by atoms with Gasteiger partial charge in [-0.25, -0.2) is 4.79 Å². The molecule has 0 radical (unpaired) electrons. The van der Waals surface area contributed by atoms with Gasteiger partial charge < -0.3 is 19.6 Å². The fraction of sp³-hybridized carbons (Fsp3) is 0.353. The number of nitrogens with zero attached hydrogens (tertiary/aromatic N) is 4. The van der Waals surface area contributed by atoms with Crippen molar-refractivity contribution in [2.45, 2.75) is 19.4 Å². The number of carbonyl (C=O) groups is 2. The molecule has 2 N–H and O–H groups in total. The number of aromatic nitrogens is 3. The Balaban J connectivity index is 1.58. The normalized spacial score (nSPS) is 19.7. The predicted molar refractivity (Wildman–Crippen MR) is 91.5 cm³/mol. The van der Waals surface area contributed by atoms with E-state index in [4.69, 9.17) is 14.7 Å². The molecule has 2 amide bonds. The number of para-hydroxylation sites is 2. The van der Waals surface area contributed by atoms with Crippen molar-refractivity contribution >= 4 is 22.9 Å². The van der Waals surface area contributed by atoms with Crippen molar-refractivity contribution in [1.82, 2.24) is 19.6 Å². The smallest absolute Gasteiger partial charge is 0.408 e. The standard InChI is InChI=1S/C17H17N5O5/c1-9-19-16(27-20-9)11-7-21(6-10(11)15(18)24)14(23)8-22-12-4-2-3-5-13(12)26-17(22)25/h2-5,10-11H,6-8H2,1H3,(H2,18,24)/t10-,11-/m1/s1. The lowest BCUT2D eigenvalue weighted by molar-refractivity contribution is -0.131. The lowest BCUT2D eigenvalue weighted by Gasteiger charge is -2.15. The highest BCUT2D eigenvalue weighted by molar-refractivity contribution is 5.83. The second kappa shape index (κ2) is 6.38. The van der Waals surface area contributed by atoms with Crippen molar-refractivity contribution in [3.8, 4) is 0 Å². The fourth-order valence-corrected chi connectivity index (χ4v) is 3.41. The molecule has 27 heavy (non-hydrogen) atoms. The number of fused-ring (bicyclic) bond motifs is 1. The van der Waals surface area contributed by atoms with Gasteiger partial charge in [-0.05, 0) is 19.1 Å². The van der Waals surface area contributed by atoms with E-state index in [2.05, 4.69) is 10.1 Å². The summed E-state index contributed by atoms with van der Waals surface area (Å²) in [5, 5.41) is 3.73. The molecule has 4 rings (SSSR count). The second-order valence-electron chi connectivity index (χ2n) is 6.52. The minimum Gasteiger partial charge on any atom is -0.408 e. The van der Waals surface area contributed by atoms with Gasteiger partial charge in [0.2, 0.25) is 17.7 Å². The quantitative estimate of drug-likeness (QED) is 0.682. The molecular weight excluding hydrogens is 354 g/mol. The monoisotopic (exact) mass is 371 g/mol. The Morgan fingerprint density at radius 3 is 2.78 bits per heavy atom. The van der Waals surface area contributed by atoms with Gasteiger partial charge in [0.05, 0.1) is 17.4 Å². The fourth-order valence-electron chi connectivity index (χ4n) is 3.41. The molecule has 3 heterocycles. The molecule has 10 heteroatoms. The van der Waals surface area contributed by atoms with E-state index in [1.165, 1.54) is 9.47 Å². The van der Waals surface area contributed by atoms with Crippen molar-refractivity contribution in [3.63, 3.8) is 0 Å². The number of hydrogen-bond donors (Lipinski definition) is 1. The van der Waals surface area contributed by atoms with E-state index in [1.54, 1.807) is 31.2 Å². The van der Waals surface area contributed by atoms with Crippen LogP contribution >= 0.6 is 0 Å². The number of benzene rings is 1. The van der Waals surface area contributed by atoms with Crippen LogP contribution in [0, 0.1) is 12.8 Å². The summed E-state index contributed by atoms with van der Waals surface area (Å²) in [5.74, 6) is -1.87. The van der Waals surface area contributed by atoms with Gasteiger partial charge in [0.25, 0.3) is 0 Å². The molecule has 0 saturated carbocycles. The topological polar surface area (TPSA) is 137 Å². The third kappa shape index (κ3) is 2.98. The van der Waals surface area contributed by atoms with E-state index in [-0.39, 0.29) is 31.4 Å². The van der Waals surface area contributed by atoms with Crippen LogP contribution in [0.4, 0.5) is 0 Å². The molecule has 0 unspecified atom stereocenters. The largest absolute Gasteiger partial charge is 0.420 e. The van der Waals surface area contributed by atoms with Crippen LogP contribution in [-0.2, 0) is 16.1 Å². The molecule has 0 bridgehead atoms. The molecule has 0 aliphatic carbocycles. The molecular formula is C17H17N5O5. The summed E-state index contributed by atoms with van der Waals surface area (Å²) in [6.45, 7) is 1.81. The van der Waals surface area contributed by atoms with E-state index < -0.39 is 23.5 Å². The maximum absolute atomic E-state index is 12.8. The first-order chi connectivity index (χ1) is 12.9. The van der Waals surface area contributed by atoms with E-state index in [9.17, 15) is 14.4 Å². The molecule has 3 aromatic rings. The summed E-state index contributed by atoms with van der Waals surface area (Å²) in [7, 11) is 0. The van der Waals surface area contributed by atoms with E-state index in [0.29, 0.717) is 16.9 Å². The van der Waals surface area contributed by atoms with Crippen LogP contribution in [0.2, 0.25) is 0 Å². The minimum absolute atomic E-state index is 0.130. The number of likely N-dealkylation sites (tertiary alicyclic amines) is 1. The van der Waals surface area contributed by atoms with Gasteiger partial charge in [-0.1, -0.05) is 17.3 Å². The van der Waals surface area contributed by atoms with E-state index >= 15 is 0 Å². The number of primary amides is 1. The average molecular weight is 371 g/mol. The van der Waals surface area contributed by atoms with Gasteiger partial charge in [-0.3, -0.25) is 14.2 Å². The number of nitrogens with two attached hydrogens (primary N) is 1. The molecule has 140 valence electrons. The summed E-state index contributed by atoms with van der Waals surface area (Å²) >= 11 is 0.